The van der Waals surface area contributed by atoms with E-state index in [0.29, 0.717) is 0 Å². The Balaban J connectivity index is 3.22. The highest BCUT2D eigenvalue weighted by Gasteiger charge is 2.32. The van der Waals surface area contributed by atoms with E-state index in [2.05, 4.69) is 24.1 Å². The van der Waals surface area contributed by atoms with Crippen LogP contribution in [0.4, 0.5) is 4.79 Å². The van der Waals surface area contributed by atoms with Crippen molar-refractivity contribution in [3.8, 4) is 0 Å². The molecule has 0 aliphatic carbocycles. The van der Waals surface area contributed by atoms with E-state index in [1.54, 1.807) is 26.8 Å². The summed E-state index contributed by atoms with van der Waals surface area (Å²) in [4.78, 5) is 40.0. The predicted octanol–water partition coefficient (Wildman–Crippen LogP) is 4.19. The summed E-state index contributed by atoms with van der Waals surface area (Å²) in [5.74, 6) is -0.663. The quantitative estimate of drug-likeness (QED) is 0.529. The maximum Gasteiger partial charge on any atom is 0.408 e. The Morgan fingerprint density at radius 2 is 1.88 bits per heavy atom. The Labute approximate surface area is 192 Å². The third-order valence-corrected chi connectivity index (χ3v) is 4.82. The van der Waals surface area contributed by atoms with Crippen molar-refractivity contribution < 1.29 is 19.1 Å². The Hall–Kier alpha value is -2.83. The lowest BCUT2D eigenvalue weighted by Crippen LogP contribution is -2.49. The number of nitrogens with zero attached hydrogens (tertiary/aromatic N) is 1. The number of hydrogen-bond acceptors (Lipinski definition) is 4. The van der Waals surface area contributed by atoms with Crippen LogP contribution >= 0.6 is 0 Å². The number of carbonyl (C=O) groups excluding carboxylic acids is 3. The van der Waals surface area contributed by atoms with Crippen LogP contribution in [0.3, 0.4) is 0 Å². The van der Waals surface area contributed by atoms with Gasteiger partial charge in [0.05, 0.1) is 0 Å². The van der Waals surface area contributed by atoms with Gasteiger partial charge in [-0.15, -0.1) is 6.58 Å². The molecule has 0 fully saturated rings. The van der Waals surface area contributed by atoms with Crippen LogP contribution in [0.25, 0.3) is 0 Å². The van der Waals surface area contributed by atoms with E-state index >= 15 is 0 Å². The van der Waals surface area contributed by atoms with Gasteiger partial charge >= 0.3 is 6.09 Å². The molecule has 1 aromatic carbocycles. The molecule has 0 aromatic heterocycles. The molecule has 7 heteroatoms. The SMILES string of the molecule is C=CCN(C(=O)CNC(=O)OC(C)(C)C)C(C(=O)NC(C)CCC)c1ccc(C)cc1C. The fourth-order valence-corrected chi connectivity index (χ4v) is 3.46. The fourth-order valence-electron chi connectivity index (χ4n) is 3.46. The van der Waals surface area contributed by atoms with Gasteiger partial charge in [0.25, 0.3) is 0 Å². The van der Waals surface area contributed by atoms with Crippen molar-refractivity contribution in [2.45, 2.75) is 79.0 Å². The Morgan fingerprint density at radius 3 is 2.41 bits per heavy atom. The van der Waals surface area contributed by atoms with Crippen molar-refractivity contribution in [1.29, 1.82) is 0 Å². The molecule has 2 unspecified atom stereocenters. The molecule has 2 atom stereocenters. The highest BCUT2D eigenvalue weighted by Crippen LogP contribution is 2.26. The molecule has 0 bridgehead atoms. The van der Waals surface area contributed by atoms with Crippen molar-refractivity contribution in [2.75, 3.05) is 13.1 Å². The second-order valence-corrected chi connectivity index (χ2v) is 9.15. The van der Waals surface area contributed by atoms with Gasteiger partial charge in [-0.25, -0.2) is 4.79 Å². The van der Waals surface area contributed by atoms with Crippen molar-refractivity contribution in [3.05, 3.63) is 47.5 Å². The van der Waals surface area contributed by atoms with E-state index in [4.69, 9.17) is 4.74 Å². The maximum absolute atomic E-state index is 13.4. The number of rotatable bonds is 10. The van der Waals surface area contributed by atoms with Gasteiger partial charge in [-0.2, -0.15) is 0 Å². The topological polar surface area (TPSA) is 87.7 Å². The van der Waals surface area contributed by atoms with Gasteiger partial charge in [-0.05, 0) is 59.1 Å². The molecule has 2 N–H and O–H groups in total. The molecule has 0 aliphatic heterocycles. The first-order chi connectivity index (χ1) is 14.9. The number of amides is 3. The minimum Gasteiger partial charge on any atom is -0.444 e. The van der Waals surface area contributed by atoms with Crippen molar-refractivity contribution in [1.82, 2.24) is 15.5 Å². The van der Waals surface area contributed by atoms with Gasteiger partial charge < -0.3 is 20.3 Å². The molecule has 0 heterocycles. The average molecular weight is 446 g/mol. The van der Waals surface area contributed by atoms with E-state index in [9.17, 15) is 14.4 Å². The normalized spacial score (nSPS) is 13.0. The van der Waals surface area contributed by atoms with Crippen LogP contribution in [0, 0.1) is 13.8 Å². The monoisotopic (exact) mass is 445 g/mol. The summed E-state index contributed by atoms with van der Waals surface area (Å²) in [5, 5.41) is 5.52. The number of carbonyl (C=O) groups is 3. The lowest BCUT2D eigenvalue weighted by Gasteiger charge is -2.32. The summed E-state index contributed by atoms with van der Waals surface area (Å²) in [7, 11) is 0. The first-order valence-corrected chi connectivity index (χ1v) is 11.1. The van der Waals surface area contributed by atoms with Gasteiger partial charge in [0.15, 0.2) is 0 Å². The van der Waals surface area contributed by atoms with Crippen LogP contribution in [-0.4, -0.2) is 47.5 Å². The first-order valence-electron chi connectivity index (χ1n) is 11.1. The van der Waals surface area contributed by atoms with Gasteiger partial charge in [-0.1, -0.05) is 43.2 Å². The fraction of sp³-hybridized carbons (Fsp3) is 0.560. The average Bonchev–Trinajstić information content (AvgIpc) is 2.66. The molecule has 0 saturated heterocycles. The van der Waals surface area contributed by atoms with Crippen LogP contribution in [0.1, 0.15) is 70.2 Å². The molecule has 0 spiro atoms. The van der Waals surface area contributed by atoms with E-state index < -0.39 is 23.6 Å². The minimum absolute atomic E-state index is 0.0265. The third-order valence-electron chi connectivity index (χ3n) is 4.82. The summed E-state index contributed by atoms with van der Waals surface area (Å²) < 4.78 is 5.21. The Kier molecular flexibility index (Phi) is 10.4. The zero-order valence-electron chi connectivity index (χ0n) is 20.6. The smallest absolute Gasteiger partial charge is 0.408 e. The van der Waals surface area contributed by atoms with Crippen molar-refractivity contribution in [2.24, 2.45) is 0 Å². The Morgan fingerprint density at radius 1 is 1.22 bits per heavy atom. The van der Waals surface area contributed by atoms with Gasteiger partial charge in [0, 0.05) is 12.6 Å². The van der Waals surface area contributed by atoms with Crippen LogP contribution in [0.15, 0.2) is 30.9 Å². The summed E-state index contributed by atoms with van der Waals surface area (Å²) in [6.07, 6.45) is 2.66. The number of alkyl carbamates (subject to hydrolysis) is 1. The molecular weight excluding hydrogens is 406 g/mol. The van der Waals surface area contributed by atoms with Crippen molar-refractivity contribution in [3.63, 3.8) is 0 Å². The largest absolute Gasteiger partial charge is 0.444 e. The lowest BCUT2D eigenvalue weighted by atomic mass is 9.96. The molecule has 1 rings (SSSR count). The zero-order chi connectivity index (χ0) is 24.5. The zero-order valence-corrected chi connectivity index (χ0v) is 20.6. The van der Waals surface area contributed by atoms with Crippen molar-refractivity contribution >= 4 is 17.9 Å². The third kappa shape index (κ3) is 8.73. The molecule has 178 valence electrons. The number of benzene rings is 1. The second-order valence-electron chi connectivity index (χ2n) is 9.15. The molecule has 7 nitrogen and oxygen atoms in total. The molecule has 1 aromatic rings. The van der Waals surface area contributed by atoms with Crippen LogP contribution in [0.2, 0.25) is 0 Å². The number of aryl methyl sites for hydroxylation is 2. The minimum atomic E-state index is -0.846. The standard InChI is InChI=1S/C25H39N3O4/c1-9-11-19(5)27-23(30)22(20-13-12-17(3)15-18(20)4)28(14-10-2)21(29)16-26-24(31)32-25(6,7)8/h10,12-13,15,19,22H,2,9,11,14,16H2,1,3-8H3,(H,26,31)(H,27,30). The Bertz CT molecular complexity index is 814. The van der Waals surface area contributed by atoms with Gasteiger partial charge in [0.2, 0.25) is 11.8 Å². The molecule has 0 saturated carbocycles. The predicted molar refractivity (Wildman–Crippen MR) is 127 cm³/mol. The van der Waals surface area contributed by atoms with Crippen LogP contribution in [0.5, 0.6) is 0 Å². The highest BCUT2D eigenvalue weighted by atomic mass is 16.6. The summed E-state index contributed by atoms with van der Waals surface area (Å²) in [6.45, 7) is 16.8. The van der Waals surface area contributed by atoms with Gasteiger partial charge in [0.1, 0.15) is 18.2 Å². The first kappa shape index (κ1) is 27.2. The van der Waals surface area contributed by atoms with Gasteiger partial charge in [-0.3, -0.25) is 9.59 Å². The van der Waals surface area contributed by atoms with E-state index in [1.807, 2.05) is 39.0 Å². The number of hydrogen-bond donors (Lipinski definition) is 2. The van der Waals surface area contributed by atoms with E-state index in [1.165, 1.54) is 4.90 Å². The molecular formula is C25H39N3O4. The highest BCUT2D eigenvalue weighted by molar-refractivity contribution is 5.91. The van der Waals surface area contributed by atoms with Crippen LogP contribution in [-0.2, 0) is 14.3 Å². The molecule has 3 amide bonds. The maximum atomic E-state index is 13.4. The number of nitrogens with one attached hydrogen (secondary N) is 2. The lowest BCUT2D eigenvalue weighted by molar-refractivity contribution is -0.139. The van der Waals surface area contributed by atoms with E-state index in [-0.39, 0.29) is 25.0 Å². The summed E-state index contributed by atoms with van der Waals surface area (Å²) in [6, 6.07) is 4.92. The van der Waals surface area contributed by atoms with Crippen LogP contribution < -0.4 is 10.6 Å². The summed E-state index contributed by atoms with van der Waals surface area (Å²) >= 11 is 0. The molecule has 0 aliphatic rings. The second kappa shape index (κ2) is 12.3. The molecule has 32 heavy (non-hydrogen) atoms. The summed E-state index contributed by atoms with van der Waals surface area (Å²) in [5.41, 5.74) is 2.04. The van der Waals surface area contributed by atoms with E-state index in [0.717, 1.165) is 29.5 Å². The number of ether oxygens (including phenoxy) is 1. The molecule has 0 radical (unpaired) electrons.